The van der Waals surface area contributed by atoms with Crippen molar-refractivity contribution in [1.29, 1.82) is 0 Å². The Hall–Kier alpha value is -0.160. The molecule has 0 amide bonds. The molecule has 4 nitrogen and oxygen atoms in total. The standard InChI is InChI=1S/C14H31N3O/c1-4-17-10-5-7-13(17)11-16(3)9-6-8-14(2,15)12-18/h13,18H,4-12,15H2,1-3H3. The third-order valence-corrected chi connectivity index (χ3v) is 4.08. The van der Waals surface area contributed by atoms with Crippen LogP contribution >= 0.6 is 0 Å². The summed E-state index contributed by atoms with van der Waals surface area (Å²) in [6.45, 7) is 8.91. The molecule has 1 rings (SSSR count). The first-order chi connectivity index (χ1) is 8.48. The molecule has 18 heavy (non-hydrogen) atoms. The smallest absolute Gasteiger partial charge is 0.0608 e. The van der Waals surface area contributed by atoms with Crippen molar-refractivity contribution in [2.75, 3.05) is 39.8 Å². The van der Waals surface area contributed by atoms with Gasteiger partial charge in [-0.05, 0) is 59.3 Å². The Balaban J connectivity index is 2.19. The Morgan fingerprint density at radius 3 is 2.83 bits per heavy atom. The summed E-state index contributed by atoms with van der Waals surface area (Å²) >= 11 is 0. The molecule has 0 spiro atoms. The average Bonchev–Trinajstić information content (AvgIpc) is 2.76. The molecule has 1 fully saturated rings. The van der Waals surface area contributed by atoms with E-state index in [-0.39, 0.29) is 6.61 Å². The van der Waals surface area contributed by atoms with Crippen LogP contribution in [0.3, 0.4) is 0 Å². The van der Waals surface area contributed by atoms with Gasteiger partial charge in [-0.2, -0.15) is 0 Å². The van der Waals surface area contributed by atoms with Crippen LogP contribution in [0.2, 0.25) is 0 Å². The van der Waals surface area contributed by atoms with E-state index in [1.807, 2.05) is 6.92 Å². The van der Waals surface area contributed by atoms with Crippen molar-refractivity contribution in [3.63, 3.8) is 0 Å². The molecule has 4 heteroatoms. The fourth-order valence-corrected chi connectivity index (χ4v) is 2.80. The number of likely N-dealkylation sites (tertiary alicyclic amines) is 1. The highest BCUT2D eigenvalue weighted by atomic mass is 16.3. The molecule has 0 saturated carbocycles. The Bertz CT molecular complexity index is 233. The predicted octanol–water partition coefficient (Wildman–Crippen LogP) is 0.892. The lowest BCUT2D eigenvalue weighted by Gasteiger charge is -2.28. The van der Waals surface area contributed by atoms with E-state index in [1.165, 1.54) is 25.9 Å². The maximum absolute atomic E-state index is 9.11. The Labute approximate surface area is 112 Å². The molecule has 0 aromatic carbocycles. The fourth-order valence-electron chi connectivity index (χ4n) is 2.80. The molecule has 2 atom stereocenters. The van der Waals surface area contributed by atoms with Crippen LogP contribution in [0.1, 0.15) is 39.5 Å². The van der Waals surface area contributed by atoms with E-state index in [9.17, 15) is 0 Å². The summed E-state index contributed by atoms with van der Waals surface area (Å²) < 4.78 is 0. The van der Waals surface area contributed by atoms with Crippen LogP contribution in [0.4, 0.5) is 0 Å². The molecule has 1 aliphatic heterocycles. The summed E-state index contributed by atoms with van der Waals surface area (Å²) in [5.41, 5.74) is 5.52. The summed E-state index contributed by atoms with van der Waals surface area (Å²) in [4.78, 5) is 4.99. The molecular formula is C14H31N3O. The van der Waals surface area contributed by atoms with Gasteiger partial charge >= 0.3 is 0 Å². The fraction of sp³-hybridized carbons (Fsp3) is 1.00. The first kappa shape index (κ1) is 15.9. The second kappa shape index (κ2) is 7.43. The number of rotatable bonds is 8. The maximum atomic E-state index is 9.11. The van der Waals surface area contributed by atoms with Crippen molar-refractivity contribution < 1.29 is 5.11 Å². The van der Waals surface area contributed by atoms with E-state index in [0.29, 0.717) is 0 Å². The predicted molar refractivity (Wildman–Crippen MR) is 76.7 cm³/mol. The van der Waals surface area contributed by atoms with E-state index >= 15 is 0 Å². The number of hydrogen-bond acceptors (Lipinski definition) is 4. The van der Waals surface area contributed by atoms with Gasteiger partial charge in [0.05, 0.1) is 6.61 Å². The molecule has 0 aliphatic carbocycles. The zero-order valence-electron chi connectivity index (χ0n) is 12.4. The van der Waals surface area contributed by atoms with Gasteiger partial charge in [-0.15, -0.1) is 0 Å². The topological polar surface area (TPSA) is 52.7 Å². The minimum Gasteiger partial charge on any atom is -0.394 e. The molecule has 2 unspecified atom stereocenters. The van der Waals surface area contributed by atoms with Gasteiger partial charge in [0.2, 0.25) is 0 Å². The van der Waals surface area contributed by atoms with Gasteiger partial charge < -0.3 is 15.7 Å². The third kappa shape index (κ3) is 5.22. The van der Waals surface area contributed by atoms with E-state index < -0.39 is 5.54 Å². The van der Waals surface area contributed by atoms with Crippen molar-refractivity contribution in [3.8, 4) is 0 Å². The highest BCUT2D eigenvalue weighted by Gasteiger charge is 2.24. The number of aliphatic hydroxyl groups is 1. The number of nitrogens with zero attached hydrogens (tertiary/aromatic N) is 2. The summed E-state index contributed by atoms with van der Waals surface area (Å²) in [5, 5.41) is 9.11. The Kier molecular flexibility index (Phi) is 6.57. The second-order valence-electron chi connectivity index (χ2n) is 6.10. The lowest BCUT2D eigenvalue weighted by atomic mass is 9.98. The second-order valence-corrected chi connectivity index (χ2v) is 6.10. The molecule has 108 valence electrons. The molecule has 1 saturated heterocycles. The molecule has 0 aromatic rings. The lowest BCUT2D eigenvalue weighted by Crippen LogP contribution is -2.42. The number of aliphatic hydroxyl groups excluding tert-OH is 1. The van der Waals surface area contributed by atoms with Crippen molar-refractivity contribution in [1.82, 2.24) is 9.80 Å². The van der Waals surface area contributed by atoms with E-state index in [4.69, 9.17) is 10.8 Å². The minimum absolute atomic E-state index is 0.0724. The molecule has 1 aliphatic rings. The van der Waals surface area contributed by atoms with Gasteiger partial charge in [0.1, 0.15) is 0 Å². The largest absolute Gasteiger partial charge is 0.394 e. The van der Waals surface area contributed by atoms with Crippen LogP contribution in [0.25, 0.3) is 0 Å². The van der Waals surface area contributed by atoms with E-state index in [1.54, 1.807) is 0 Å². The molecule has 0 bridgehead atoms. The zero-order valence-corrected chi connectivity index (χ0v) is 12.4. The monoisotopic (exact) mass is 257 g/mol. The zero-order chi connectivity index (χ0) is 13.6. The van der Waals surface area contributed by atoms with Crippen molar-refractivity contribution in [2.45, 2.75) is 51.1 Å². The number of likely N-dealkylation sites (N-methyl/N-ethyl adjacent to an activating group) is 2. The van der Waals surface area contributed by atoms with Gasteiger partial charge in [-0.3, -0.25) is 4.90 Å². The maximum Gasteiger partial charge on any atom is 0.0608 e. The van der Waals surface area contributed by atoms with Gasteiger partial charge in [-0.25, -0.2) is 0 Å². The van der Waals surface area contributed by atoms with Crippen LogP contribution in [0.5, 0.6) is 0 Å². The Morgan fingerprint density at radius 2 is 2.22 bits per heavy atom. The minimum atomic E-state index is -0.413. The lowest BCUT2D eigenvalue weighted by molar-refractivity contribution is 0.177. The van der Waals surface area contributed by atoms with Crippen molar-refractivity contribution in [3.05, 3.63) is 0 Å². The van der Waals surface area contributed by atoms with Crippen molar-refractivity contribution in [2.24, 2.45) is 5.73 Å². The quantitative estimate of drug-likeness (QED) is 0.678. The average molecular weight is 257 g/mol. The van der Waals surface area contributed by atoms with E-state index in [0.717, 1.165) is 32.0 Å². The van der Waals surface area contributed by atoms with E-state index in [2.05, 4.69) is 23.8 Å². The summed E-state index contributed by atoms with van der Waals surface area (Å²) in [5.74, 6) is 0. The summed E-state index contributed by atoms with van der Waals surface area (Å²) in [6, 6.07) is 0.738. The highest BCUT2D eigenvalue weighted by Crippen LogP contribution is 2.17. The first-order valence-electron chi connectivity index (χ1n) is 7.31. The van der Waals surface area contributed by atoms with Gasteiger partial charge in [0, 0.05) is 18.1 Å². The van der Waals surface area contributed by atoms with Gasteiger partial charge in [-0.1, -0.05) is 6.92 Å². The SMILES string of the molecule is CCN1CCCC1CN(C)CCCC(C)(N)CO. The normalized spacial score (nSPS) is 24.7. The third-order valence-electron chi connectivity index (χ3n) is 4.08. The molecule has 3 N–H and O–H groups in total. The van der Waals surface area contributed by atoms with Gasteiger partial charge in [0.15, 0.2) is 0 Å². The van der Waals surface area contributed by atoms with Gasteiger partial charge in [0.25, 0.3) is 0 Å². The molecule has 1 heterocycles. The van der Waals surface area contributed by atoms with Crippen LogP contribution in [-0.2, 0) is 0 Å². The Morgan fingerprint density at radius 1 is 1.50 bits per heavy atom. The van der Waals surface area contributed by atoms with Crippen LogP contribution in [0, 0.1) is 0 Å². The number of hydrogen-bond donors (Lipinski definition) is 2. The summed E-state index contributed by atoms with van der Waals surface area (Å²) in [6.07, 6.45) is 4.63. The molecular weight excluding hydrogens is 226 g/mol. The summed E-state index contributed by atoms with van der Waals surface area (Å²) in [7, 11) is 2.19. The van der Waals surface area contributed by atoms with Crippen molar-refractivity contribution >= 4 is 0 Å². The molecule has 0 radical (unpaired) electrons. The first-order valence-corrected chi connectivity index (χ1v) is 7.31. The molecule has 0 aromatic heterocycles. The number of nitrogens with two attached hydrogens (primary N) is 1. The van der Waals surface area contributed by atoms with Crippen LogP contribution < -0.4 is 5.73 Å². The highest BCUT2D eigenvalue weighted by molar-refractivity contribution is 4.81. The van der Waals surface area contributed by atoms with Crippen LogP contribution in [-0.4, -0.2) is 66.3 Å². The van der Waals surface area contributed by atoms with Crippen LogP contribution in [0.15, 0.2) is 0 Å².